The van der Waals surface area contributed by atoms with Crippen LogP contribution in [0.5, 0.6) is 0 Å². The first-order chi connectivity index (χ1) is 32.0. The third kappa shape index (κ3) is 51.2. The third-order valence-corrected chi connectivity index (χ3v) is 11.1. The molecule has 0 fully saturated rings. The molecule has 0 aromatic carbocycles. The van der Waals surface area contributed by atoms with Crippen molar-refractivity contribution in [3.05, 3.63) is 97.2 Å². The van der Waals surface area contributed by atoms with E-state index < -0.39 is 6.10 Å². The van der Waals surface area contributed by atoms with Gasteiger partial charge in [-0.2, -0.15) is 0 Å². The number of allylic oxidation sites excluding steroid dienone is 16. The number of unbranched alkanes of at least 4 members (excludes halogenated alkanes) is 20. The Hall–Kier alpha value is -3.67. The van der Waals surface area contributed by atoms with Crippen LogP contribution in [0.25, 0.3) is 0 Å². The Kier molecular flexibility index (Phi) is 50.0. The number of esters is 3. The molecule has 1 unspecified atom stereocenters. The quantitative estimate of drug-likeness (QED) is 0.0262. The average Bonchev–Trinajstić information content (AvgIpc) is 3.30. The minimum atomic E-state index is -0.816. The highest BCUT2D eigenvalue weighted by atomic mass is 16.6. The molecule has 370 valence electrons. The molecule has 0 aliphatic carbocycles. The van der Waals surface area contributed by atoms with E-state index in [2.05, 4.69) is 112 Å². The van der Waals surface area contributed by atoms with Gasteiger partial charge in [-0.1, -0.05) is 208 Å². The predicted octanol–water partition coefficient (Wildman–Crippen LogP) is 17.8. The second kappa shape index (κ2) is 52.9. The Bertz CT molecular complexity index is 1310. The molecule has 0 aromatic heterocycles. The fourth-order valence-corrected chi connectivity index (χ4v) is 7.04. The van der Waals surface area contributed by atoms with Crippen molar-refractivity contribution in [3.8, 4) is 0 Å². The Morgan fingerprint density at radius 3 is 1.03 bits per heavy atom. The lowest BCUT2D eigenvalue weighted by Crippen LogP contribution is -2.30. The second-order valence-corrected chi connectivity index (χ2v) is 17.4. The van der Waals surface area contributed by atoms with Crippen LogP contribution in [-0.4, -0.2) is 37.2 Å². The van der Waals surface area contributed by atoms with Gasteiger partial charge >= 0.3 is 17.9 Å². The fraction of sp³-hybridized carbons (Fsp3) is 0.678. The molecule has 0 N–H and O–H groups in total. The summed E-state index contributed by atoms with van der Waals surface area (Å²) in [6.45, 7) is 6.42. The normalized spacial score (nSPS) is 12.8. The summed E-state index contributed by atoms with van der Waals surface area (Å²) in [5.41, 5.74) is 0. The zero-order chi connectivity index (χ0) is 47.2. The Morgan fingerprint density at radius 2 is 0.631 bits per heavy atom. The maximum Gasteiger partial charge on any atom is 0.306 e. The molecule has 0 aliphatic rings. The molecule has 0 rings (SSSR count). The Morgan fingerprint density at radius 1 is 0.323 bits per heavy atom. The molecule has 65 heavy (non-hydrogen) atoms. The van der Waals surface area contributed by atoms with Crippen molar-refractivity contribution in [2.75, 3.05) is 13.2 Å². The maximum absolute atomic E-state index is 12.8. The second-order valence-electron chi connectivity index (χ2n) is 17.4. The first-order valence-corrected chi connectivity index (χ1v) is 26.7. The van der Waals surface area contributed by atoms with Crippen LogP contribution in [0.2, 0.25) is 0 Å². The molecule has 1 atom stereocenters. The van der Waals surface area contributed by atoms with Crippen LogP contribution in [0.4, 0.5) is 0 Å². The van der Waals surface area contributed by atoms with Crippen molar-refractivity contribution in [3.63, 3.8) is 0 Å². The van der Waals surface area contributed by atoms with Crippen molar-refractivity contribution in [1.29, 1.82) is 0 Å². The van der Waals surface area contributed by atoms with Crippen LogP contribution in [0.3, 0.4) is 0 Å². The standard InChI is InChI=1S/C59H98O6/c1-4-7-10-13-16-19-22-25-28-29-30-31-32-35-37-40-43-46-49-52-58(61)64-55-56(65-59(62)53-50-47-44-41-38-34-27-24-21-18-15-12-9-6-3)54-63-57(60)51-48-45-42-39-36-33-26-23-20-17-14-11-8-5-2/h7,10,16,19,23-28,30-31,35,37,43,46,56H,4-6,8-9,11-15,17-18,20-22,29,32-34,36,38-42,44-45,47-55H2,1-3H3/b10-7-,19-16-,26-23-,27-24-,28-25-,31-30-,37-35-,46-43-. The van der Waals surface area contributed by atoms with Crippen LogP contribution < -0.4 is 0 Å². The van der Waals surface area contributed by atoms with E-state index in [4.69, 9.17) is 14.2 Å². The number of ether oxygens (including phenoxy) is 3. The number of carbonyl (C=O) groups is 3. The van der Waals surface area contributed by atoms with E-state index in [9.17, 15) is 14.4 Å². The van der Waals surface area contributed by atoms with Crippen LogP contribution in [-0.2, 0) is 28.6 Å². The molecule has 0 aromatic rings. The summed E-state index contributed by atoms with van der Waals surface area (Å²) in [5, 5.41) is 0. The smallest absolute Gasteiger partial charge is 0.306 e. The van der Waals surface area contributed by atoms with Gasteiger partial charge in [-0.15, -0.1) is 0 Å². The van der Waals surface area contributed by atoms with Gasteiger partial charge in [0.15, 0.2) is 6.10 Å². The van der Waals surface area contributed by atoms with E-state index in [0.717, 1.165) is 103 Å². The van der Waals surface area contributed by atoms with Gasteiger partial charge in [-0.05, 0) is 109 Å². The summed E-state index contributed by atoms with van der Waals surface area (Å²) in [5.74, 6) is -1.01. The maximum atomic E-state index is 12.8. The molecule has 6 heteroatoms. The number of hydrogen-bond acceptors (Lipinski definition) is 6. The lowest BCUT2D eigenvalue weighted by molar-refractivity contribution is -0.166. The Balaban J connectivity index is 4.52. The summed E-state index contributed by atoms with van der Waals surface area (Å²) < 4.78 is 16.7. The number of rotatable bonds is 47. The van der Waals surface area contributed by atoms with Gasteiger partial charge in [-0.25, -0.2) is 0 Å². The van der Waals surface area contributed by atoms with Gasteiger partial charge in [0.05, 0.1) is 0 Å². The molecular formula is C59H98O6. The van der Waals surface area contributed by atoms with E-state index in [1.165, 1.54) is 89.9 Å². The lowest BCUT2D eigenvalue weighted by Gasteiger charge is -2.18. The largest absolute Gasteiger partial charge is 0.462 e. The van der Waals surface area contributed by atoms with E-state index in [-0.39, 0.29) is 37.5 Å². The van der Waals surface area contributed by atoms with Gasteiger partial charge in [0, 0.05) is 19.3 Å². The average molecular weight is 903 g/mol. The van der Waals surface area contributed by atoms with Crippen molar-refractivity contribution in [1.82, 2.24) is 0 Å². The van der Waals surface area contributed by atoms with E-state index in [0.29, 0.717) is 19.3 Å². The van der Waals surface area contributed by atoms with Gasteiger partial charge in [0.2, 0.25) is 0 Å². The molecule has 0 aliphatic heterocycles. The highest BCUT2D eigenvalue weighted by Gasteiger charge is 2.19. The summed E-state index contributed by atoms with van der Waals surface area (Å²) in [7, 11) is 0. The van der Waals surface area contributed by atoms with Crippen molar-refractivity contribution < 1.29 is 28.6 Å². The van der Waals surface area contributed by atoms with Gasteiger partial charge in [-0.3, -0.25) is 14.4 Å². The van der Waals surface area contributed by atoms with Crippen molar-refractivity contribution in [2.45, 2.75) is 245 Å². The van der Waals surface area contributed by atoms with E-state index >= 15 is 0 Å². The summed E-state index contributed by atoms with van der Waals surface area (Å²) in [6.07, 6.45) is 69.7. The molecule has 6 nitrogen and oxygen atoms in total. The first kappa shape index (κ1) is 61.3. The molecule has 0 amide bonds. The van der Waals surface area contributed by atoms with Gasteiger partial charge in [0.1, 0.15) is 13.2 Å². The molecular weight excluding hydrogens is 805 g/mol. The minimum absolute atomic E-state index is 0.109. The minimum Gasteiger partial charge on any atom is -0.462 e. The molecule has 0 bridgehead atoms. The van der Waals surface area contributed by atoms with Crippen LogP contribution in [0.1, 0.15) is 239 Å². The van der Waals surface area contributed by atoms with Crippen LogP contribution in [0.15, 0.2) is 97.2 Å². The summed E-state index contributed by atoms with van der Waals surface area (Å²) in [6, 6.07) is 0. The lowest BCUT2D eigenvalue weighted by atomic mass is 10.1. The number of hydrogen-bond donors (Lipinski definition) is 0. The summed E-state index contributed by atoms with van der Waals surface area (Å²) in [4.78, 5) is 38.0. The monoisotopic (exact) mass is 903 g/mol. The van der Waals surface area contributed by atoms with E-state index in [1.807, 2.05) is 6.08 Å². The Labute approximate surface area is 400 Å². The highest BCUT2D eigenvalue weighted by molar-refractivity contribution is 5.71. The summed E-state index contributed by atoms with van der Waals surface area (Å²) >= 11 is 0. The fourth-order valence-electron chi connectivity index (χ4n) is 7.04. The molecule has 0 spiro atoms. The molecule has 0 saturated carbocycles. The highest BCUT2D eigenvalue weighted by Crippen LogP contribution is 2.13. The van der Waals surface area contributed by atoms with E-state index in [1.54, 1.807) is 0 Å². The SMILES string of the molecule is CC/C=C\C/C=C\C/C=C\C/C=C\C/C=C\C/C=C\CCC(=O)OCC(COC(=O)CCCCCCC/C=C\CCCCCCC)OC(=O)CCCCCCC/C=C\CCCCCCC. The van der Waals surface area contributed by atoms with Gasteiger partial charge < -0.3 is 14.2 Å². The topological polar surface area (TPSA) is 78.9 Å². The van der Waals surface area contributed by atoms with Crippen molar-refractivity contribution >= 4 is 17.9 Å². The molecule has 0 saturated heterocycles. The predicted molar refractivity (Wildman–Crippen MR) is 279 cm³/mol. The first-order valence-electron chi connectivity index (χ1n) is 26.7. The van der Waals surface area contributed by atoms with Crippen LogP contribution >= 0.6 is 0 Å². The molecule has 0 heterocycles. The zero-order valence-corrected chi connectivity index (χ0v) is 42.2. The zero-order valence-electron chi connectivity index (χ0n) is 42.2. The van der Waals surface area contributed by atoms with Gasteiger partial charge in [0.25, 0.3) is 0 Å². The van der Waals surface area contributed by atoms with Crippen LogP contribution in [0, 0.1) is 0 Å². The third-order valence-electron chi connectivity index (χ3n) is 11.1. The molecule has 0 radical (unpaired) electrons. The van der Waals surface area contributed by atoms with Crippen molar-refractivity contribution in [2.24, 2.45) is 0 Å². The number of carbonyl (C=O) groups excluding carboxylic acids is 3.